The van der Waals surface area contributed by atoms with Gasteiger partial charge < -0.3 is 14.8 Å². The molecule has 0 radical (unpaired) electrons. The highest BCUT2D eigenvalue weighted by molar-refractivity contribution is 5.84. The topological polar surface area (TPSA) is 62.5 Å². The van der Waals surface area contributed by atoms with E-state index in [1.54, 1.807) is 25.1 Å². The molecule has 0 aliphatic rings. The third-order valence-electron chi connectivity index (χ3n) is 2.59. The number of carboxylic acids is 1. The highest BCUT2D eigenvalue weighted by Crippen LogP contribution is 2.18. The van der Waals surface area contributed by atoms with Crippen molar-refractivity contribution < 1.29 is 18.7 Å². The number of hydrogen-bond acceptors (Lipinski definition) is 3. The Morgan fingerprint density at radius 1 is 1.39 bits per heavy atom. The minimum atomic E-state index is -1.11. The van der Waals surface area contributed by atoms with Gasteiger partial charge in [0.2, 0.25) is 5.76 Å². The van der Waals surface area contributed by atoms with Crippen molar-refractivity contribution in [1.29, 1.82) is 0 Å². The van der Waals surface area contributed by atoms with Crippen LogP contribution in [-0.2, 0) is 6.54 Å². The number of furan rings is 1. The highest BCUT2D eigenvalue weighted by atomic mass is 19.1. The van der Waals surface area contributed by atoms with Crippen LogP contribution in [0.2, 0.25) is 0 Å². The van der Waals surface area contributed by atoms with Gasteiger partial charge in [0.05, 0.1) is 6.54 Å². The second-order valence-corrected chi connectivity index (χ2v) is 3.84. The molecule has 1 aromatic carbocycles. The van der Waals surface area contributed by atoms with E-state index < -0.39 is 5.97 Å². The molecule has 5 heteroatoms. The van der Waals surface area contributed by atoms with Gasteiger partial charge in [-0.05, 0) is 31.2 Å². The first-order valence-corrected chi connectivity index (χ1v) is 5.39. The Bertz CT molecular complexity index is 577. The molecule has 0 spiro atoms. The molecule has 2 rings (SSSR count). The molecule has 94 valence electrons. The molecule has 0 aliphatic carbocycles. The van der Waals surface area contributed by atoms with E-state index in [1.807, 2.05) is 0 Å². The first kappa shape index (κ1) is 12.2. The van der Waals surface area contributed by atoms with Crippen LogP contribution in [0.15, 0.2) is 34.7 Å². The van der Waals surface area contributed by atoms with Crippen LogP contribution in [0, 0.1) is 12.7 Å². The van der Waals surface area contributed by atoms with Gasteiger partial charge in [0.1, 0.15) is 11.6 Å². The zero-order chi connectivity index (χ0) is 13.1. The summed E-state index contributed by atoms with van der Waals surface area (Å²) in [5.41, 5.74) is 1.17. The number of carbonyl (C=O) groups is 1. The molecule has 0 unspecified atom stereocenters. The van der Waals surface area contributed by atoms with Crippen LogP contribution in [0.1, 0.15) is 21.9 Å². The fraction of sp³-hybridized carbons (Fsp3) is 0.154. The van der Waals surface area contributed by atoms with Crippen LogP contribution >= 0.6 is 0 Å². The SMILES string of the molecule is Cc1c(F)cccc1NCc1ccc(C(=O)O)o1. The van der Waals surface area contributed by atoms with E-state index in [4.69, 9.17) is 9.52 Å². The lowest BCUT2D eigenvalue weighted by Crippen LogP contribution is -2.01. The third-order valence-corrected chi connectivity index (χ3v) is 2.59. The molecular formula is C13H12FNO3. The second-order valence-electron chi connectivity index (χ2n) is 3.84. The normalized spacial score (nSPS) is 10.3. The van der Waals surface area contributed by atoms with Crippen molar-refractivity contribution in [3.8, 4) is 0 Å². The minimum absolute atomic E-state index is 0.109. The van der Waals surface area contributed by atoms with Crippen molar-refractivity contribution >= 4 is 11.7 Å². The summed E-state index contributed by atoms with van der Waals surface area (Å²) in [6, 6.07) is 7.70. The summed E-state index contributed by atoms with van der Waals surface area (Å²) in [5, 5.41) is 11.7. The minimum Gasteiger partial charge on any atom is -0.475 e. The largest absolute Gasteiger partial charge is 0.475 e. The van der Waals surface area contributed by atoms with Crippen LogP contribution in [0.5, 0.6) is 0 Å². The molecule has 4 nitrogen and oxygen atoms in total. The maximum atomic E-state index is 13.3. The number of carboxylic acid groups (broad SMARTS) is 1. The Morgan fingerprint density at radius 2 is 2.17 bits per heavy atom. The molecule has 1 aromatic heterocycles. The van der Waals surface area contributed by atoms with Crippen molar-refractivity contribution in [2.24, 2.45) is 0 Å². The van der Waals surface area contributed by atoms with Gasteiger partial charge in [-0.1, -0.05) is 6.07 Å². The van der Waals surface area contributed by atoms with Crippen LogP contribution in [0.4, 0.5) is 10.1 Å². The third kappa shape index (κ3) is 2.51. The number of halogens is 1. The van der Waals surface area contributed by atoms with E-state index in [2.05, 4.69) is 5.32 Å². The Hall–Kier alpha value is -2.30. The maximum Gasteiger partial charge on any atom is 0.371 e. The molecule has 0 saturated carbocycles. The van der Waals surface area contributed by atoms with Crippen molar-refractivity contribution in [3.05, 3.63) is 53.2 Å². The number of anilines is 1. The summed E-state index contributed by atoms with van der Waals surface area (Å²) in [5.74, 6) is -1.02. The van der Waals surface area contributed by atoms with Crippen molar-refractivity contribution in [3.63, 3.8) is 0 Å². The fourth-order valence-electron chi connectivity index (χ4n) is 1.57. The summed E-state index contributed by atoms with van der Waals surface area (Å²) in [4.78, 5) is 10.6. The first-order chi connectivity index (χ1) is 8.58. The summed E-state index contributed by atoms with van der Waals surface area (Å²) in [6.07, 6.45) is 0. The molecule has 2 aromatic rings. The van der Waals surface area contributed by atoms with E-state index in [9.17, 15) is 9.18 Å². The Kier molecular flexibility index (Phi) is 3.32. The molecule has 0 aliphatic heterocycles. The Labute approximate surface area is 103 Å². The Morgan fingerprint density at radius 3 is 2.83 bits per heavy atom. The lowest BCUT2D eigenvalue weighted by atomic mass is 10.2. The van der Waals surface area contributed by atoms with E-state index in [-0.39, 0.29) is 11.6 Å². The molecule has 2 N–H and O–H groups in total. The average molecular weight is 249 g/mol. The van der Waals surface area contributed by atoms with Gasteiger partial charge in [0.15, 0.2) is 0 Å². The van der Waals surface area contributed by atoms with E-state index >= 15 is 0 Å². The monoisotopic (exact) mass is 249 g/mol. The van der Waals surface area contributed by atoms with E-state index in [1.165, 1.54) is 12.1 Å². The Balaban J connectivity index is 2.07. The standard InChI is InChI=1S/C13H12FNO3/c1-8-10(14)3-2-4-11(8)15-7-9-5-6-12(18-9)13(16)17/h2-6,15H,7H2,1H3,(H,16,17). The molecule has 0 amide bonds. The van der Waals surface area contributed by atoms with Crippen molar-refractivity contribution in [1.82, 2.24) is 0 Å². The number of rotatable bonds is 4. The predicted octanol–water partition coefficient (Wildman–Crippen LogP) is 3.04. The number of nitrogens with one attached hydrogen (secondary N) is 1. The van der Waals surface area contributed by atoms with Crippen LogP contribution < -0.4 is 5.32 Å². The smallest absolute Gasteiger partial charge is 0.371 e. The zero-order valence-corrected chi connectivity index (χ0v) is 9.74. The quantitative estimate of drug-likeness (QED) is 0.874. The zero-order valence-electron chi connectivity index (χ0n) is 9.74. The van der Waals surface area contributed by atoms with Crippen molar-refractivity contribution in [2.45, 2.75) is 13.5 Å². The summed E-state index contributed by atoms with van der Waals surface area (Å²) < 4.78 is 18.4. The summed E-state index contributed by atoms with van der Waals surface area (Å²) in [6.45, 7) is 1.97. The van der Waals surface area contributed by atoms with Gasteiger partial charge >= 0.3 is 5.97 Å². The van der Waals surface area contributed by atoms with Gasteiger partial charge in [-0.2, -0.15) is 0 Å². The molecule has 0 saturated heterocycles. The van der Waals surface area contributed by atoms with Crippen molar-refractivity contribution in [2.75, 3.05) is 5.32 Å². The lowest BCUT2D eigenvalue weighted by molar-refractivity contribution is 0.0660. The predicted molar refractivity (Wildman–Crippen MR) is 64.1 cm³/mol. The number of hydrogen-bond donors (Lipinski definition) is 2. The van der Waals surface area contributed by atoms with Gasteiger partial charge in [0.25, 0.3) is 0 Å². The van der Waals surface area contributed by atoms with E-state index in [0.717, 1.165) is 0 Å². The first-order valence-electron chi connectivity index (χ1n) is 5.39. The van der Waals surface area contributed by atoms with Crippen LogP contribution in [0.3, 0.4) is 0 Å². The molecule has 1 heterocycles. The molecule has 0 fully saturated rings. The summed E-state index contributed by atoms with van der Waals surface area (Å²) >= 11 is 0. The molecule has 18 heavy (non-hydrogen) atoms. The number of benzene rings is 1. The maximum absolute atomic E-state index is 13.3. The summed E-state index contributed by atoms with van der Waals surface area (Å²) in [7, 11) is 0. The molecule has 0 atom stereocenters. The number of aromatic carboxylic acids is 1. The van der Waals surface area contributed by atoms with E-state index in [0.29, 0.717) is 23.6 Å². The fourth-order valence-corrected chi connectivity index (χ4v) is 1.57. The van der Waals surface area contributed by atoms with Gasteiger partial charge in [0, 0.05) is 11.3 Å². The molecular weight excluding hydrogens is 237 g/mol. The van der Waals surface area contributed by atoms with Crippen LogP contribution in [0.25, 0.3) is 0 Å². The van der Waals surface area contributed by atoms with Crippen LogP contribution in [-0.4, -0.2) is 11.1 Å². The lowest BCUT2D eigenvalue weighted by Gasteiger charge is -2.08. The van der Waals surface area contributed by atoms with Gasteiger partial charge in [-0.15, -0.1) is 0 Å². The van der Waals surface area contributed by atoms with Gasteiger partial charge in [-0.3, -0.25) is 0 Å². The molecule has 0 bridgehead atoms. The average Bonchev–Trinajstić information content (AvgIpc) is 2.80. The second kappa shape index (κ2) is 4.91. The highest BCUT2D eigenvalue weighted by Gasteiger charge is 2.09. The van der Waals surface area contributed by atoms with Gasteiger partial charge in [-0.25, -0.2) is 9.18 Å².